The van der Waals surface area contributed by atoms with E-state index in [1.165, 1.54) is 6.33 Å². The minimum absolute atomic E-state index is 0.264. The molecule has 3 heterocycles. The summed E-state index contributed by atoms with van der Waals surface area (Å²) in [7, 11) is -0.442. The summed E-state index contributed by atoms with van der Waals surface area (Å²) in [6.45, 7) is 2.69. The standard InChI is InChI=1S/C26H29ClN5O5PS2/c1-18(11-32-16-31-24-25(28)29-15-30-26(24)32)35-17-38(33,36-21-9-7-20(27)8-10-21)37-23-14-40-39-13-22(23)34-12-19-5-3-2-4-6-19/h2-10,15-16,18,22-23H,11-14,17H2,1H3,(H2,28,29,30)/t18-,22+,23+,38?/m1/s1. The Kier molecular flexibility index (Phi) is 9.90. The summed E-state index contributed by atoms with van der Waals surface area (Å²) in [5.74, 6) is 1.96. The highest BCUT2D eigenvalue weighted by Gasteiger charge is 2.38. The maximum atomic E-state index is 14.2. The first-order chi connectivity index (χ1) is 19.4. The number of hydrogen-bond acceptors (Lipinski definition) is 11. The molecular formula is C26H29ClN5O5PS2. The first-order valence-corrected chi connectivity index (χ1v) is 17.1. The summed E-state index contributed by atoms with van der Waals surface area (Å²) in [5, 5.41) is 0.542. The van der Waals surface area contributed by atoms with Crippen LogP contribution in [0.3, 0.4) is 0 Å². The molecule has 14 heteroatoms. The third kappa shape index (κ3) is 7.70. The first-order valence-electron chi connectivity index (χ1n) is 12.5. The van der Waals surface area contributed by atoms with E-state index in [2.05, 4.69) is 15.0 Å². The van der Waals surface area contributed by atoms with Crippen LogP contribution in [0.1, 0.15) is 12.5 Å². The quantitative estimate of drug-likeness (QED) is 0.147. The van der Waals surface area contributed by atoms with Gasteiger partial charge in [0.05, 0.1) is 31.7 Å². The molecule has 2 aromatic carbocycles. The van der Waals surface area contributed by atoms with Gasteiger partial charge in [-0.3, -0.25) is 4.52 Å². The number of ether oxygens (including phenoxy) is 2. The van der Waals surface area contributed by atoms with Crippen molar-refractivity contribution in [2.75, 3.05) is 23.6 Å². The molecule has 0 saturated carbocycles. The number of aromatic nitrogens is 4. The van der Waals surface area contributed by atoms with Crippen LogP contribution in [0.2, 0.25) is 5.02 Å². The number of nitrogens with two attached hydrogens (primary N) is 1. The van der Waals surface area contributed by atoms with Crippen LogP contribution in [-0.4, -0.2) is 55.7 Å². The zero-order chi connectivity index (χ0) is 28.0. The Balaban J connectivity index is 1.28. The summed E-state index contributed by atoms with van der Waals surface area (Å²) in [6.07, 6.45) is 1.65. The monoisotopic (exact) mass is 621 g/mol. The molecule has 1 unspecified atom stereocenters. The highest BCUT2D eigenvalue weighted by Crippen LogP contribution is 2.52. The average molecular weight is 622 g/mol. The first kappa shape index (κ1) is 29.2. The third-order valence-corrected chi connectivity index (χ3v) is 10.2. The maximum Gasteiger partial charge on any atom is 0.405 e. The maximum absolute atomic E-state index is 14.2. The van der Waals surface area contributed by atoms with E-state index in [9.17, 15) is 4.57 Å². The van der Waals surface area contributed by atoms with Gasteiger partial charge in [-0.1, -0.05) is 63.5 Å². The van der Waals surface area contributed by atoms with Gasteiger partial charge in [0.2, 0.25) is 0 Å². The van der Waals surface area contributed by atoms with Crippen LogP contribution < -0.4 is 10.3 Å². The molecule has 1 aliphatic heterocycles. The SMILES string of the molecule is C[C@H](Cn1cnc2c(N)ncnc21)OCP(=O)(Oc1ccc(Cl)cc1)O[C@H]1CSSC[C@@H]1OCc1ccccc1. The topological polar surface area (TPSA) is 124 Å². The fourth-order valence-corrected chi connectivity index (χ4v) is 8.32. The zero-order valence-corrected chi connectivity index (χ0v) is 25.0. The molecule has 0 amide bonds. The Labute approximate surface area is 245 Å². The lowest BCUT2D eigenvalue weighted by Gasteiger charge is -2.33. The fraction of sp³-hybridized carbons (Fsp3) is 0.346. The summed E-state index contributed by atoms with van der Waals surface area (Å²) in [4.78, 5) is 12.5. The van der Waals surface area contributed by atoms with E-state index in [4.69, 9.17) is 35.9 Å². The van der Waals surface area contributed by atoms with Gasteiger partial charge in [-0.25, -0.2) is 19.5 Å². The zero-order valence-electron chi connectivity index (χ0n) is 21.7. The molecule has 1 aliphatic rings. The molecule has 1 fully saturated rings. The molecule has 0 aliphatic carbocycles. The summed E-state index contributed by atoms with van der Waals surface area (Å²) < 4.78 is 40.5. The second-order valence-corrected chi connectivity index (χ2v) is 14.0. The van der Waals surface area contributed by atoms with Crippen molar-refractivity contribution in [3.05, 3.63) is 77.8 Å². The van der Waals surface area contributed by atoms with E-state index in [-0.39, 0.29) is 18.6 Å². The van der Waals surface area contributed by atoms with E-state index in [0.717, 1.165) is 5.56 Å². The Bertz CT molecular complexity index is 1450. The Morgan fingerprint density at radius 3 is 2.60 bits per heavy atom. The highest BCUT2D eigenvalue weighted by molar-refractivity contribution is 8.76. The number of hydrogen-bond donors (Lipinski definition) is 1. The molecule has 0 bridgehead atoms. The van der Waals surface area contributed by atoms with Gasteiger partial charge in [0.1, 0.15) is 23.7 Å². The van der Waals surface area contributed by atoms with Gasteiger partial charge in [0.15, 0.2) is 17.8 Å². The average Bonchev–Trinajstić information content (AvgIpc) is 3.37. The molecule has 40 heavy (non-hydrogen) atoms. The van der Waals surface area contributed by atoms with Crippen LogP contribution in [0, 0.1) is 0 Å². The van der Waals surface area contributed by atoms with E-state index >= 15 is 0 Å². The number of benzene rings is 2. The van der Waals surface area contributed by atoms with E-state index < -0.39 is 13.7 Å². The summed E-state index contributed by atoms with van der Waals surface area (Å²) >= 11 is 6.04. The van der Waals surface area contributed by atoms with Crippen LogP contribution in [0.5, 0.6) is 5.75 Å². The lowest BCUT2D eigenvalue weighted by atomic mass is 10.2. The van der Waals surface area contributed by atoms with E-state index in [0.29, 0.717) is 52.4 Å². The van der Waals surface area contributed by atoms with Crippen molar-refractivity contribution in [2.24, 2.45) is 0 Å². The largest absolute Gasteiger partial charge is 0.423 e. The molecule has 2 aromatic heterocycles. The molecule has 10 nitrogen and oxygen atoms in total. The van der Waals surface area contributed by atoms with Gasteiger partial charge in [-0.15, -0.1) is 0 Å². The van der Waals surface area contributed by atoms with Crippen molar-refractivity contribution in [1.82, 2.24) is 19.5 Å². The van der Waals surface area contributed by atoms with Crippen molar-refractivity contribution < 1.29 is 23.1 Å². The van der Waals surface area contributed by atoms with Crippen LogP contribution in [0.15, 0.2) is 67.3 Å². The summed E-state index contributed by atoms with van der Waals surface area (Å²) in [6, 6.07) is 16.6. The molecule has 0 radical (unpaired) electrons. The third-order valence-electron chi connectivity index (χ3n) is 6.02. The molecule has 5 rings (SSSR count). The van der Waals surface area contributed by atoms with Crippen molar-refractivity contribution in [2.45, 2.75) is 38.4 Å². The van der Waals surface area contributed by atoms with Crippen molar-refractivity contribution in [3.8, 4) is 5.75 Å². The van der Waals surface area contributed by atoms with Crippen LogP contribution >= 0.6 is 40.8 Å². The normalized spacial score (nSPS) is 19.8. The summed E-state index contributed by atoms with van der Waals surface area (Å²) in [5.41, 5.74) is 8.07. The molecule has 212 valence electrons. The van der Waals surface area contributed by atoms with Gasteiger partial charge >= 0.3 is 7.60 Å². The molecular weight excluding hydrogens is 593 g/mol. The Hall–Kier alpha value is -2.31. The lowest BCUT2D eigenvalue weighted by Crippen LogP contribution is -2.38. The number of imidazole rings is 1. The van der Waals surface area contributed by atoms with Gasteiger partial charge in [0.25, 0.3) is 0 Å². The second kappa shape index (κ2) is 13.6. The number of anilines is 1. The second-order valence-electron chi connectivity index (χ2n) is 9.14. The number of rotatable bonds is 12. The van der Waals surface area contributed by atoms with Gasteiger partial charge in [-0.2, -0.15) is 0 Å². The van der Waals surface area contributed by atoms with E-state index in [1.54, 1.807) is 52.2 Å². The Morgan fingerprint density at radius 2 is 1.82 bits per heavy atom. The number of halogens is 1. The lowest BCUT2D eigenvalue weighted by molar-refractivity contribution is -0.0192. The predicted octanol–water partition coefficient (Wildman–Crippen LogP) is 6.06. The van der Waals surface area contributed by atoms with Crippen LogP contribution in [0.25, 0.3) is 11.2 Å². The van der Waals surface area contributed by atoms with Crippen molar-refractivity contribution in [1.29, 1.82) is 0 Å². The number of fused-ring (bicyclic) bond motifs is 1. The Morgan fingerprint density at radius 1 is 1.07 bits per heavy atom. The predicted molar refractivity (Wildman–Crippen MR) is 160 cm³/mol. The van der Waals surface area contributed by atoms with Crippen molar-refractivity contribution >= 4 is 57.8 Å². The van der Waals surface area contributed by atoms with Gasteiger partial charge in [0, 0.05) is 16.5 Å². The highest BCUT2D eigenvalue weighted by atomic mass is 35.5. The van der Waals surface area contributed by atoms with Gasteiger partial charge in [-0.05, 0) is 36.8 Å². The minimum Gasteiger partial charge on any atom is -0.423 e. The molecule has 0 spiro atoms. The molecule has 4 atom stereocenters. The molecule has 2 N–H and O–H groups in total. The fourth-order valence-electron chi connectivity index (χ4n) is 4.00. The van der Waals surface area contributed by atoms with Gasteiger partial charge < -0.3 is 24.3 Å². The number of nitrogen functional groups attached to an aromatic ring is 1. The molecule has 1 saturated heterocycles. The van der Waals surface area contributed by atoms with Crippen LogP contribution in [0.4, 0.5) is 5.82 Å². The van der Waals surface area contributed by atoms with Crippen molar-refractivity contribution in [3.63, 3.8) is 0 Å². The molecule has 4 aromatic rings. The number of nitrogens with zero attached hydrogens (tertiary/aromatic N) is 4. The minimum atomic E-state index is -3.80. The van der Waals surface area contributed by atoms with E-state index in [1.807, 2.05) is 41.8 Å². The van der Waals surface area contributed by atoms with Crippen LogP contribution in [-0.2, 0) is 31.7 Å². The smallest absolute Gasteiger partial charge is 0.405 e.